The topological polar surface area (TPSA) is 17.8 Å². The normalized spacial score (nSPS) is 16.0. The predicted octanol–water partition coefficient (Wildman–Crippen LogP) is 2.53. The third kappa shape index (κ3) is 1.07. The molecule has 1 aromatic carbocycles. The molecule has 0 saturated heterocycles. The summed E-state index contributed by atoms with van der Waals surface area (Å²) in [5.74, 6) is 1.21. The molecule has 0 N–H and O–H groups in total. The van der Waals surface area contributed by atoms with Gasteiger partial charge in [0.25, 0.3) is 0 Å². The van der Waals surface area contributed by atoms with Gasteiger partial charge in [-0.2, -0.15) is 0 Å². The molecule has 0 amide bonds. The summed E-state index contributed by atoms with van der Waals surface area (Å²) in [5.41, 5.74) is 2.41. The van der Waals surface area contributed by atoms with Crippen molar-refractivity contribution in [1.29, 1.82) is 0 Å². The standard InChI is InChI=1S/C10H10N2S/c1-2-5-9-8(4-1)11-10-12(9)6-3-7-13-10/h1-2,4-5H,3,6-7H2. The van der Waals surface area contributed by atoms with Crippen molar-refractivity contribution in [3.8, 4) is 0 Å². The van der Waals surface area contributed by atoms with Gasteiger partial charge in [-0.3, -0.25) is 0 Å². The van der Waals surface area contributed by atoms with Crippen LogP contribution in [0.15, 0.2) is 29.4 Å². The first-order valence-electron chi connectivity index (χ1n) is 4.53. The van der Waals surface area contributed by atoms with Crippen molar-refractivity contribution in [3.63, 3.8) is 0 Å². The first-order valence-corrected chi connectivity index (χ1v) is 5.52. The number of para-hydroxylation sites is 2. The Morgan fingerprint density at radius 2 is 2.23 bits per heavy atom. The number of aromatic nitrogens is 2. The number of imidazole rings is 1. The van der Waals surface area contributed by atoms with Crippen molar-refractivity contribution in [2.75, 3.05) is 5.75 Å². The van der Waals surface area contributed by atoms with Crippen LogP contribution in [0, 0.1) is 0 Å². The number of nitrogens with zero attached hydrogens (tertiary/aromatic N) is 2. The first kappa shape index (κ1) is 7.44. The maximum Gasteiger partial charge on any atom is 0.169 e. The van der Waals surface area contributed by atoms with E-state index in [-0.39, 0.29) is 0 Å². The van der Waals surface area contributed by atoms with Gasteiger partial charge in [-0.1, -0.05) is 23.9 Å². The molecule has 3 heteroatoms. The summed E-state index contributed by atoms with van der Waals surface area (Å²) in [6.45, 7) is 1.13. The van der Waals surface area contributed by atoms with Crippen LogP contribution in [-0.2, 0) is 6.54 Å². The summed E-state index contributed by atoms with van der Waals surface area (Å²) in [6, 6.07) is 8.36. The van der Waals surface area contributed by atoms with Gasteiger partial charge < -0.3 is 4.57 Å². The van der Waals surface area contributed by atoms with Crippen LogP contribution in [-0.4, -0.2) is 15.3 Å². The smallest absolute Gasteiger partial charge is 0.169 e. The van der Waals surface area contributed by atoms with Gasteiger partial charge in [0.05, 0.1) is 11.0 Å². The van der Waals surface area contributed by atoms with E-state index in [4.69, 9.17) is 0 Å². The molecule has 3 rings (SSSR count). The zero-order valence-corrected chi connectivity index (χ0v) is 8.05. The van der Waals surface area contributed by atoms with Crippen LogP contribution in [0.25, 0.3) is 11.0 Å². The highest BCUT2D eigenvalue weighted by Crippen LogP contribution is 2.28. The number of aryl methyl sites for hydroxylation is 1. The molecule has 1 aliphatic heterocycles. The fourth-order valence-corrected chi connectivity index (χ4v) is 2.73. The van der Waals surface area contributed by atoms with Gasteiger partial charge in [0, 0.05) is 12.3 Å². The maximum atomic E-state index is 4.58. The molecule has 1 aliphatic rings. The van der Waals surface area contributed by atoms with Crippen LogP contribution in [0.1, 0.15) is 6.42 Å². The molecule has 2 nitrogen and oxygen atoms in total. The van der Waals surface area contributed by atoms with E-state index in [9.17, 15) is 0 Å². The van der Waals surface area contributed by atoms with Gasteiger partial charge in [0.1, 0.15) is 0 Å². The van der Waals surface area contributed by atoms with Gasteiger partial charge >= 0.3 is 0 Å². The van der Waals surface area contributed by atoms with E-state index in [1.54, 1.807) is 0 Å². The van der Waals surface area contributed by atoms with Crippen LogP contribution in [0.2, 0.25) is 0 Å². The molecular formula is C10H10N2S. The fourth-order valence-electron chi connectivity index (χ4n) is 1.77. The molecular weight excluding hydrogens is 180 g/mol. The van der Waals surface area contributed by atoms with Crippen LogP contribution in [0.3, 0.4) is 0 Å². The summed E-state index contributed by atoms with van der Waals surface area (Å²) in [7, 11) is 0. The Balaban J connectivity index is 2.34. The molecule has 13 heavy (non-hydrogen) atoms. The van der Waals surface area contributed by atoms with Crippen molar-refractivity contribution in [2.45, 2.75) is 18.1 Å². The number of fused-ring (bicyclic) bond motifs is 3. The lowest BCUT2D eigenvalue weighted by Gasteiger charge is -2.12. The van der Waals surface area contributed by atoms with E-state index in [0.29, 0.717) is 0 Å². The Morgan fingerprint density at radius 3 is 3.23 bits per heavy atom. The minimum atomic E-state index is 1.13. The van der Waals surface area contributed by atoms with E-state index in [0.717, 1.165) is 12.1 Å². The Labute approximate surface area is 81.0 Å². The van der Waals surface area contributed by atoms with Crippen molar-refractivity contribution < 1.29 is 0 Å². The van der Waals surface area contributed by atoms with E-state index in [1.807, 2.05) is 17.8 Å². The highest BCUT2D eigenvalue weighted by molar-refractivity contribution is 7.99. The number of hydrogen-bond acceptors (Lipinski definition) is 2. The maximum absolute atomic E-state index is 4.58. The minimum Gasteiger partial charge on any atom is -0.319 e. The lowest BCUT2D eigenvalue weighted by molar-refractivity contribution is 0.624. The van der Waals surface area contributed by atoms with Crippen molar-refractivity contribution >= 4 is 22.8 Å². The molecule has 66 valence electrons. The highest BCUT2D eigenvalue weighted by Gasteiger charge is 2.13. The van der Waals surface area contributed by atoms with Gasteiger partial charge in [0.15, 0.2) is 5.16 Å². The average Bonchev–Trinajstić information content (AvgIpc) is 2.56. The monoisotopic (exact) mass is 190 g/mol. The third-order valence-corrected chi connectivity index (χ3v) is 3.44. The van der Waals surface area contributed by atoms with E-state index >= 15 is 0 Å². The number of rotatable bonds is 0. The lowest BCUT2D eigenvalue weighted by atomic mass is 10.3. The molecule has 0 atom stereocenters. The van der Waals surface area contributed by atoms with Gasteiger partial charge in [0.2, 0.25) is 0 Å². The molecule has 0 fully saturated rings. The van der Waals surface area contributed by atoms with Gasteiger partial charge in [-0.05, 0) is 18.6 Å². The van der Waals surface area contributed by atoms with Gasteiger partial charge in [-0.25, -0.2) is 4.98 Å². The molecule has 0 saturated carbocycles. The third-order valence-electron chi connectivity index (χ3n) is 2.38. The summed E-state index contributed by atoms with van der Waals surface area (Å²) in [6.07, 6.45) is 1.26. The molecule has 0 radical (unpaired) electrons. The Bertz CT molecular complexity index is 447. The largest absolute Gasteiger partial charge is 0.319 e. The Kier molecular flexibility index (Phi) is 1.59. The molecule has 0 aliphatic carbocycles. The van der Waals surface area contributed by atoms with Crippen molar-refractivity contribution in [2.24, 2.45) is 0 Å². The molecule has 0 unspecified atom stereocenters. The fraction of sp³-hybridized carbons (Fsp3) is 0.300. The number of thioether (sulfide) groups is 1. The SMILES string of the molecule is c1ccc2c(c1)nc1n2CCCS1. The number of hydrogen-bond donors (Lipinski definition) is 0. The summed E-state index contributed by atoms with van der Waals surface area (Å²) in [5, 5.41) is 1.19. The average molecular weight is 190 g/mol. The van der Waals surface area contributed by atoms with E-state index in [1.165, 1.54) is 22.8 Å². The molecule has 2 aromatic rings. The van der Waals surface area contributed by atoms with Crippen LogP contribution < -0.4 is 0 Å². The molecule has 2 heterocycles. The highest BCUT2D eigenvalue weighted by atomic mass is 32.2. The first-order chi connectivity index (χ1) is 6.45. The molecule has 1 aromatic heterocycles. The van der Waals surface area contributed by atoms with Crippen LogP contribution in [0.5, 0.6) is 0 Å². The molecule has 0 bridgehead atoms. The van der Waals surface area contributed by atoms with E-state index < -0.39 is 0 Å². The lowest BCUT2D eigenvalue weighted by Crippen LogP contribution is -2.06. The summed E-state index contributed by atoms with van der Waals surface area (Å²) >= 11 is 1.87. The Morgan fingerprint density at radius 1 is 1.31 bits per heavy atom. The van der Waals surface area contributed by atoms with Crippen molar-refractivity contribution in [1.82, 2.24) is 9.55 Å². The van der Waals surface area contributed by atoms with Crippen LogP contribution in [0.4, 0.5) is 0 Å². The Hall–Kier alpha value is -0.960. The molecule has 0 spiro atoms. The second-order valence-electron chi connectivity index (χ2n) is 3.24. The van der Waals surface area contributed by atoms with Gasteiger partial charge in [-0.15, -0.1) is 0 Å². The summed E-state index contributed by atoms with van der Waals surface area (Å²) in [4.78, 5) is 4.58. The zero-order valence-electron chi connectivity index (χ0n) is 7.23. The minimum absolute atomic E-state index is 1.13. The zero-order chi connectivity index (χ0) is 8.67. The summed E-state index contributed by atoms with van der Waals surface area (Å²) < 4.78 is 2.32. The second-order valence-corrected chi connectivity index (χ2v) is 4.30. The van der Waals surface area contributed by atoms with Crippen molar-refractivity contribution in [3.05, 3.63) is 24.3 Å². The number of benzene rings is 1. The van der Waals surface area contributed by atoms with Crippen LogP contribution >= 0.6 is 11.8 Å². The van der Waals surface area contributed by atoms with E-state index in [2.05, 4.69) is 27.8 Å². The predicted molar refractivity (Wildman–Crippen MR) is 55.1 cm³/mol. The quantitative estimate of drug-likeness (QED) is 0.635. The second kappa shape index (κ2) is 2.77.